The third kappa shape index (κ3) is 2.16. The van der Waals surface area contributed by atoms with Crippen LogP contribution in [0.15, 0.2) is 30.3 Å². The van der Waals surface area contributed by atoms with E-state index >= 15 is 0 Å². The minimum absolute atomic E-state index is 0.0464. The second-order valence-corrected chi connectivity index (χ2v) is 4.37. The molecule has 0 spiro atoms. The van der Waals surface area contributed by atoms with Gasteiger partial charge in [0.15, 0.2) is 5.82 Å². The van der Waals surface area contributed by atoms with E-state index in [1.807, 2.05) is 32.0 Å². The summed E-state index contributed by atoms with van der Waals surface area (Å²) in [5.74, 6) is -0.0918. The number of nitrogens with two attached hydrogens (primary N) is 1. The molecule has 2 aromatic carbocycles. The maximum Gasteiger partial charge on any atom is 0.150 e. The van der Waals surface area contributed by atoms with Gasteiger partial charge in [-0.1, -0.05) is 18.2 Å². The predicted octanol–water partition coefficient (Wildman–Crippen LogP) is 3.70. The maximum atomic E-state index is 13.7. The Hall–Kier alpha value is -2.03. The molecule has 0 unspecified atom stereocenters. The minimum Gasteiger partial charge on any atom is -0.494 e. The number of ether oxygens (including phenoxy) is 1. The van der Waals surface area contributed by atoms with Gasteiger partial charge in [0.2, 0.25) is 0 Å². The molecule has 0 heterocycles. The number of hydrogen-bond donors (Lipinski definition) is 1. The lowest BCUT2D eigenvalue weighted by molar-refractivity contribution is 0.414. The van der Waals surface area contributed by atoms with Gasteiger partial charge in [0, 0.05) is 0 Å². The molecule has 0 fully saturated rings. The molecular formula is C15H16FNO. The number of nitrogen functional groups attached to an aromatic ring is 1. The summed E-state index contributed by atoms with van der Waals surface area (Å²) < 4.78 is 18.8. The zero-order chi connectivity index (χ0) is 13.3. The van der Waals surface area contributed by atoms with Crippen molar-refractivity contribution in [2.45, 2.75) is 13.8 Å². The van der Waals surface area contributed by atoms with Crippen molar-refractivity contribution >= 4 is 5.69 Å². The zero-order valence-electron chi connectivity index (χ0n) is 10.8. The average Bonchev–Trinajstić information content (AvgIpc) is 2.36. The van der Waals surface area contributed by atoms with E-state index in [0.717, 1.165) is 11.1 Å². The van der Waals surface area contributed by atoms with E-state index in [-0.39, 0.29) is 5.69 Å². The first-order valence-corrected chi connectivity index (χ1v) is 5.73. The van der Waals surface area contributed by atoms with Crippen molar-refractivity contribution < 1.29 is 9.13 Å². The summed E-state index contributed by atoms with van der Waals surface area (Å²) in [6, 6.07) is 9.20. The van der Waals surface area contributed by atoms with Crippen LogP contribution >= 0.6 is 0 Å². The van der Waals surface area contributed by atoms with Crippen molar-refractivity contribution in [3.63, 3.8) is 0 Å². The summed E-state index contributed by atoms with van der Waals surface area (Å²) in [6.45, 7) is 4.08. The summed E-state index contributed by atoms with van der Waals surface area (Å²) in [5.41, 5.74) is 9.74. The van der Waals surface area contributed by atoms with Crippen molar-refractivity contribution in [1.29, 1.82) is 0 Å². The van der Waals surface area contributed by atoms with Crippen LogP contribution in [0.25, 0.3) is 11.1 Å². The Labute approximate surface area is 106 Å². The highest BCUT2D eigenvalue weighted by Crippen LogP contribution is 2.32. The van der Waals surface area contributed by atoms with Gasteiger partial charge < -0.3 is 10.5 Å². The molecule has 0 saturated heterocycles. The van der Waals surface area contributed by atoms with Crippen LogP contribution in [0.5, 0.6) is 5.75 Å². The summed E-state index contributed by atoms with van der Waals surface area (Å²) in [5, 5.41) is 0. The molecule has 94 valence electrons. The standard InChI is InChI=1S/C15H16FNO/c1-9-4-5-11(6-10(9)2)12-7-13(16)15(17)14(8-12)18-3/h4-8H,17H2,1-3H3. The van der Waals surface area contributed by atoms with Crippen molar-refractivity contribution in [3.8, 4) is 16.9 Å². The van der Waals surface area contributed by atoms with Crippen molar-refractivity contribution in [3.05, 3.63) is 47.3 Å². The summed E-state index contributed by atoms with van der Waals surface area (Å²) in [6.07, 6.45) is 0. The fourth-order valence-corrected chi connectivity index (χ4v) is 1.85. The molecule has 2 aromatic rings. The molecule has 0 aliphatic rings. The Morgan fingerprint density at radius 3 is 2.33 bits per heavy atom. The Morgan fingerprint density at radius 1 is 1.00 bits per heavy atom. The molecule has 0 atom stereocenters. The van der Waals surface area contributed by atoms with Gasteiger partial charge in [-0.25, -0.2) is 4.39 Å². The summed E-state index contributed by atoms with van der Waals surface area (Å²) in [7, 11) is 1.48. The van der Waals surface area contributed by atoms with Gasteiger partial charge >= 0.3 is 0 Å². The number of hydrogen-bond acceptors (Lipinski definition) is 2. The van der Waals surface area contributed by atoms with Crippen LogP contribution < -0.4 is 10.5 Å². The monoisotopic (exact) mass is 245 g/mol. The molecule has 2 rings (SSSR count). The molecule has 0 bridgehead atoms. The summed E-state index contributed by atoms with van der Waals surface area (Å²) in [4.78, 5) is 0. The fourth-order valence-electron chi connectivity index (χ4n) is 1.85. The number of methoxy groups -OCH3 is 1. The third-order valence-electron chi connectivity index (χ3n) is 3.15. The van der Waals surface area contributed by atoms with Gasteiger partial charge in [0.1, 0.15) is 11.4 Å². The van der Waals surface area contributed by atoms with Crippen LogP contribution in [-0.4, -0.2) is 7.11 Å². The second-order valence-electron chi connectivity index (χ2n) is 4.37. The average molecular weight is 245 g/mol. The van der Waals surface area contributed by atoms with Gasteiger partial charge in [-0.3, -0.25) is 0 Å². The zero-order valence-corrected chi connectivity index (χ0v) is 10.8. The van der Waals surface area contributed by atoms with E-state index < -0.39 is 5.82 Å². The number of aryl methyl sites for hydroxylation is 2. The van der Waals surface area contributed by atoms with Gasteiger partial charge in [0.25, 0.3) is 0 Å². The van der Waals surface area contributed by atoms with E-state index in [4.69, 9.17) is 10.5 Å². The topological polar surface area (TPSA) is 35.2 Å². The van der Waals surface area contributed by atoms with Crippen LogP contribution in [-0.2, 0) is 0 Å². The van der Waals surface area contributed by atoms with Crippen molar-refractivity contribution in [2.75, 3.05) is 12.8 Å². The quantitative estimate of drug-likeness (QED) is 0.819. The molecule has 0 aliphatic carbocycles. The normalized spacial score (nSPS) is 10.4. The summed E-state index contributed by atoms with van der Waals surface area (Å²) >= 11 is 0. The second kappa shape index (κ2) is 4.69. The van der Waals surface area contributed by atoms with Gasteiger partial charge in [-0.05, 0) is 48.2 Å². The minimum atomic E-state index is -0.456. The van der Waals surface area contributed by atoms with Crippen LogP contribution in [0.1, 0.15) is 11.1 Å². The van der Waals surface area contributed by atoms with Crippen LogP contribution in [0.2, 0.25) is 0 Å². The van der Waals surface area contributed by atoms with E-state index in [1.165, 1.54) is 24.3 Å². The Balaban J connectivity index is 2.57. The number of halogens is 1. The molecular weight excluding hydrogens is 229 g/mol. The molecule has 0 aliphatic heterocycles. The van der Waals surface area contributed by atoms with Gasteiger partial charge in [0.05, 0.1) is 7.11 Å². The lowest BCUT2D eigenvalue weighted by atomic mass is 10.00. The highest BCUT2D eigenvalue weighted by atomic mass is 19.1. The lowest BCUT2D eigenvalue weighted by Gasteiger charge is -2.10. The Kier molecular flexibility index (Phi) is 3.24. The lowest BCUT2D eigenvalue weighted by Crippen LogP contribution is -1.97. The Bertz CT molecular complexity index is 593. The van der Waals surface area contributed by atoms with E-state index in [2.05, 4.69) is 0 Å². The largest absolute Gasteiger partial charge is 0.494 e. The molecule has 0 aromatic heterocycles. The fraction of sp³-hybridized carbons (Fsp3) is 0.200. The first kappa shape index (κ1) is 12.4. The van der Waals surface area contributed by atoms with E-state index in [9.17, 15) is 4.39 Å². The molecule has 2 nitrogen and oxygen atoms in total. The smallest absolute Gasteiger partial charge is 0.150 e. The predicted molar refractivity (Wildman–Crippen MR) is 72.3 cm³/mol. The highest BCUT2D eigenvalue weighted by molar-refractivity contribution is 5.71. The van der Waals surface area contributed by atoms with Gasteiger partial charge in [-0.15, -0.1) is 0 Å². The highest BCUT2D eigenvalue weighted by Gasteiger charge is 2.10. The third-order valence-corrected chi connectivity index (χ3v) is 3.15. The molecule has 18 heavy (non-hydrogen) atoms. The number of benzene rings is 2. The molecule has 0 amide bonds. The van der Waals surface area contributed by atoms with E-state index in [1.54, 1.807) is 6.07 Å². The molecule has 0 saturated carbocycles. The number of anilines is 1. The SMILES string of the molecule is COc1cc(-c2ccc(C)c(C)c2)cc(F)c1N. The first-order valence-electron chi connectivity index (χ1n) is 5.73. The van der Waals surface area contributed by atoms with E-state index in [0.29, 0.717) is 5.75 Å². The van der Waals surface area contributed by atoms with Crippen molar-refractivity contribution in [1.82, 2.24) is 0 Å². The number of rotatable bonds is 2. The van der Waals surface area contributed by atoms with Crippen LogP contribution in [0.4, 0.5) is 10.1 Å². The van der Waals surface area contributed by atoms with Gasteiger partial charge in [-0.2, -0.15) is 0 Å². The maximum absolute atomic E-state index is 13.7. The van der Waals surface area contributed by atoms with Crippen LogP contribution in [0, 0.1) is 19.7 Å². The van der Waals surface area contributed by atoms with Crippen molar-refractivity contribution in [2.24, 2.45) is 0 Å². The molecule has 3 heteroatoms. The Morgan fingerprint density at radius 2 is 1.72 bits per heavy atom. The molecule has 2 N–H and O–H groups in total. The first-order chi connectivity index (χ1) is 8.52. The molecule has 0 radical (unpaired) electrons. The van der Waals surface area contributed by atoms with Crippen LogP contribution in [0.3, 0.4) is 0 Å².